The van der Waals surface area contributed by atoms with Crippen LogP contribution in [0.25, 0.3) is 0 Å². The standard InChI is InChI=1S/C67H116O12/c1-4-7-10-13-16-19-22-25-28-30-33-35-38-41-44-47-50-53-59(68)75-56-58(77-60(69)54-51-48-45-42-39-36-32-27-24-21-18-15-12-9-6-3)57-76-67-65(63(72)62(71)64(79-67)66(73)74)78-61(70)55-52-49-46-43-40-37-34-31-29-26-23-20-17-14-11-8-5-2/h7,10,16,19,25,28,33,35,41,44,58,62-65,67,71-72H,4-6,8-9,11-15,17-18,20-24,26-27,29-32,34,36-40,42-43,45-57H2,1-3H3,(H,73,74)/b10-7-,19-16-,28-25-,35-33-,44-41-. The minimum Gasteiger partial charge on any atom is -0.479 e. The van der Waals surface area contributed by atoms with Gasteiger partial charge in [-0.2, -0.15) is 0 Å². The summed E-state index contributed by atoms with van der Waals surface area (Å²) in [5, 5.41) is 31.6. The third-order valence-corrected chi connectivity index (χ3v) is 14.6. The molecular formula is C67H116O12. The van der Waals surface area contributed by atoms with E-state index in [-0.39, 0.29) is 25.9 Å². The van der Waals surface area contributed by atoms with Gasteiger partial charge in [-0.15, -0.1) is 0 Å². The molecule has 1 rings (SSSR count). The van der Waals surface area contributed by atoms with Gasteiger partial charge in [0.1, 0.15) is 18.8 Å². The molecule has 0 aliphatic carbocycles. The summed E-state index contributed by atoms with van der Waals surface area (Å²) in [6.45, 7) is 5.87. The van der Waals surface area contributed by atoms with Crippen LogP contribution in [0.5, 0.6) is 0 Å². The number of allylic oxidation sites excluding steroid dienone is 10. The van der Waals surface area contributed by atoms with Crippen molar-refractivity contribution in [2.24, 2.45) is 0 Å². The van der Waals surface area contributed by atoms with Gasteiger partial charge in [0.15, 0.2) is 24.6 Å². The van der Waals surface area contributed by atoms with E-state index in [0.29, 0.717) is 25.7 Å². The highest BCUT2D eigenvalue weighted by molar-refractivity contribution is 5.74. The van der Waals surface area contributed by atoms with Gasteiger partial charge < -0.3 is 39.0 Å². The number of ether oxygens (including phenoxy) is 5. The van der Waals surface area contributed by atoms with Crippen molar-refractivity contribution in [3.05, 3.63) is 60.8 Å². The van der Waals surface area contributed by atoms with E-state index in [1.165, 1.54) is 148 Å². The molecule has 0 aromatic carbocycles. The Morgan fingerprint density at radius 2 is 0.797 bits per heavy atom. The van der Waals surface area contributed by atoms with Crippen LogP contribution < -0.4 is 0 Å². The normalized spacial score (nSPS) is 18.2. The fraction of sp³-hybridized carbons (Fsp3) is 0.791. The minimum atomic E-state index is -1.91. The minimum absolute atomic E-state index is 0.0591. The summed E-state index contributed by atoms with van der Waals surface area (Å²) in [7, 11) is 0. The summed E-state index contributed by atoms with van der Waals surface area (Å²) in [5.74, 6) is -3.17. The molecular weight excluding hydrogens is 997 g/mol. The lowest BCUT2D eigenvalue weighted by Crippen LogP contribution is -2.61. The predicted molar refractivity (Wildman–Crippen MR) is 322 cm³/mol. The fourth-order valence-electron chi connectivity index (χ4n) is 9.70. The van der Waals surface area contributed by atoms with Crippen molar-refractivity contribution in [1.29, 1.82) is 0 Å². The summed E-state index contributed by atoms with van der Waals surface area (Å²) in [5.41, 5.74) is 0. The van der Waals surface area contributed by atoms with Gasteiger partial charge in [-0.1, -0.05) is 274 Å². The number of hydrogen-bond donors (Lipinski definition) is 3. The van der Waals surface area contributed by atoms with Crippen LogP contribution in [0.3, 0.4) is 0 Å². The van der Waals surface area contributed by atoms with Gasteiger partial charge >= 0.3 is 23.9 Å². The van der Waals surface area contributed by atoms with E-state index < -0.39 is 67.3 Å². The lowest BCUT2D eigenvalue weighted by molar-refractivity contribution is -0.301. The highest BCUT2D eigenvalue weighted by Gasteiger charge is 2.50. The maximum atomic E-state index is 13.2. The second kappa shape index (κ2) is 55.0. The van der Waals surface area contributed by atoms with Crippen molar-refractivity contribution in [3.63, 3.8) is 0 Å². The van der Waals surface area contributed by atoms with Crippen LogP contribution in [0, 0.1) is 0 Å². The molecule has 0 bridgehead atoms. The van der Waals surface area contributed by atoms with Crippen molar-refractivity contribution >= 4 is 23.9 Å². The Bertz CT molecular complexity index is 1600. The van der Waals surface area contributed by atoms with Crippen LogP contribution in [-0.2, 0) is 42.9 Å². The van der Waals surface area contributed by atoms with Gasteiger partial charge in [0.25, 0.3) is 0 Å². The zero-order chi connectivity index (χ0) is 57.5. The number of carbonyl (C=O) groups excluding carboxylic acids is 3. The van der Waals surface area contributed by atoms with Crippen LogP contribution in [0.4, 0.5) is 0 Å². The lowest BCUT2D eigenvalue weighted by atomic mass is 9.98. The quantitative estimate of drug-likeness (QED) is 0.0228. The molecule has 0 amide bonds. The molecule has 1 aliphatic rings. The number of aliphatic carboxylic acids is 1. The van der Waals surface area contributed by atoms with Crippen LogP contribution in [0.2, 0.25) is 0 Å². The summed E-state index contributed by atoms with van der Waals surface area (Å²) < 4.78 is 28.5. The molecule has 79 heavy (non-hydrogen) atoms. The van der Waals surface area contributed by atoms with E-state index >= 15 is 0 Å². The summed E-state index contributed by atoms with van der Waals surface area (Å²) in [6, 6.07) is 0. The first-order chi connectivity index (χ1) is 38.6. The topological polar surface area (TPSA) is 175 Å². The van der Waals surface area contributed by atoms with Crippen LogP contribution in [-0.4, -0.2) is 89.2 Å². The van der Waals surface area contributed by atoms with Crippen molar-refractivity contribution in [1.82, 2.24) is 0 Å². The van der Waals surface area contributed by atoms with E-state index in [2.05, 4.69) is 75.5 Å². The Labute approximate surface area is 481 Å². The maximum Gasteiger partial charge on any atom is 0.335 e. The first-order valence-electron chi connectivity index (χ1n) is 32.3. The van der Waals surface area contributed by atoms with E-state index in [0.717, 1.165) is 77.0 Å². The molecule has 1 fully saturated rings. The number of carboxylic acid groups (broad SMARTS) is 1. The van der Waals surface area contributed by atoms with E-state index in [9.17, 15) is 34.5 Å². The zero-order valence-electron chi connectivity index (χ0n) is 50.4. The largest absolute Gasteiger partial charge is 0.479 e. The molecule has 1 heterocycles. The lowest BCUT2D eigenvalue weighted by Gasteiger charge is -2.40. The molecule has 456 valence electrons. The van der Waals surface area contributed by atoms with Gasteiger partial charge in [-0.05, 0) is 57.8 Å². The Hall–Kier alpha value is -3.58. The summed E-state index contributed by atoms with van der Waals surface area (Å²) >= 11 is 0. The Kier molecular flexibility index (Phi) is 51.1. The van der Waals surface area contributed by atoms with Gasteiger partial charge in [0.2, 0.25) is 0 Å². The number of esters is 3. The van der Waals surface area contributed by atoms with Crippen LogP contribution >= 0.6 is 0 Å². The van der Waals surface area contributed by atoms with Crippen molar-refractivity contribution in [2.45, 2.75) is 327 Å². The predicted octanol–water partition coefficient (Wildman–Crippen LogP) is 17.1. The number of carboxylic acids is 1. The van der Waals surface area contributed by atoms with Crippen LogP contribution in [0.15, 0.2) is 60.8 Å². The first-order valence-corrected chi connectivity index (χ1v) is 32.3. The van der Waals surface area contributed by atoms with E-state index in [1.54, 1.807) is 0 Å². The summed E-state index contributed by atoms with van der Waals surface area (Å²) in [6.07, 6.45) is 56.1. The molecule has 0 saturated carbocycles. The molecule has 6 unspecified atom stereocenters. The summed E-state index contributed by atoms with van der Waals surface area (Å²) in [4.78, 5) is 51.3. The fourth-order valence-corrected chi connectivity index (χ4v) is 9.70. The molecule has 1 aliphatic heterocycles. The molecule has 6 atom stereocenters. The molecule has 12 nitrogen and oxygen atoms in total. The monoisotopic (exact) mass is 1110 g/mol. The highest BCUT2D eigenvalue weighted by atomic mass is 16.7. The number of hydrogen-bond acceptors (Lipinski definition) is 11. The number of carbonyl (C=O) groups is 4. The number of aliphatic hydroxyl groups is 2. The van der Waals surface area contributed by atoms with Gasteiger partial charge in [-0.3, -0.25) is 14.4 Å². The first kappa shape index (κ1) is 73.4. The third-order valence-electron chi connectivity index (χ3n) is 14.6. The maximum absolute atomic E-state index is 13.2. The Balaban J connectivity index is 2.68. The van der Waals surface area contributed by atoms with Crippen molar-refractivity contribution < 1.29 is 58.2 Å². The van der Waals surface area contributed by atoms with Crippen molar-refractivity contribution in [3.8, 4) is 0 Å². The number of rotatable bonds is 55. The second-order valence-electron chi connectivity index (χ2n) is 22.0. The molecule has 1 saturated heterocycles. The third kappa shape index (κ3) is 44.7. The molecule has 3 N–H and O–H groups in total. The van der Waals surface area contributed by atoms with Crippen molar-refractivity contribution in [2.75, 3.05) is 13.2 Å². The Morgan fingerprint density at radius 1 is 0.430 bits per heavy atom. The van der Waals surface area contributed by atoms with Gasteiger partial charge in [-0.25, -0.2) is 4.79 Å². The second-order valence-corrected chi connectivity index (χ2v) is 22.0. The van der Waals surface area contributed by atoms with E-state index in [4.69, 9.17) is 23.7 Å². The SMILES string of the molecule is CC/C=C\C/C=C\C/C=C\C/C=C\C/C=C\CCCC(=O)OCC(COC1OC(C(=O)O)C(O)C(O)C1OC(=O)CCCCCCCCCCCCCCCCCCC)OC(=O)CCCCCCCCCCCCCCCCC. The highest BCUT2D eigenvalue weighted by Crippen LogP contribution is 2.27. The van der Waals surface area contributed by atoms with Gasteiger partial charge in [0.05, 0.1) is 6.61 Å². The van der Waals surface area contributed by atoms with E-state index in [1.807, 2.05) is 6.08 Å². The molecule has 0 aromatic rings. The Morgan fingerprint density at radius 3 is 1.20 bits per heavy atom. The molecule has 0 aromatic heterocycles. The zero-order valence-corrected chi connectivity index (χ0v) is 50.4. The molecule has 12 heteroatoms. The molecule has 0 radical (unpaired) electrons. The van der Waals surface area contributed by atoms with Crippen LogP contribution in [0.1, 0.15) is 290 Å². The molecule has 0 spiro atoms. The number of unbranched alkanes of at least 4 members (excludes halogenated alkanes) is 31. The number of aliphatic hydroxyl groups excluding tert-OH is 2. The average Bonchev–Trinajstić information content (AvgIpc) is 3.47. The van der Waals surface area contributed by atoms with Gasteiger partial charge in [0, 0.05) is 19.3 Å². The smallest absolute Gasteiger partial charge is 0.335 e. The average molecular weight is 1110 g/mol.